The molecule has 0 spiro atoms. The van der Waals surface area contributed by atoms with Crippen LogP contribution in [0.4, 0.5) is 27.9 Å². The zero-order chi connectivity index (χ0) is 16.2. The molecule has 1 aliphatic heterocycles. The Balaban J connectivity index is 1.91. The summed E-state index contributed by atoms with van der Waals surface area (Å²) in [5.41, 5.74) is 2.74. The largest absolute Gasteiger partial charge is 0.338 e. The molecule has 0 aliphatic carbocycles. The van der Waals surface area contributed by atoms with E-state index in [9.17, 15) is 4.39 Å². The number of halogens is 1. The molecule has 1 aromatic carbocycles. The fourth-order valence-corrected chi connectivity index (χ4v) is 2.69. The number of piperidine rings is 1. The summed E-state index contributed by atoms with van der Waals surface area (Å²) in [5.74, 6) is 6.12. The molecule has 2 aromatic rings. The Morgan fingerprint density at radius 1 is 1.17 bits per heavy atom. The summed E-state index contributed by atoms with van der Waals surface area (Å²) in [6.45, 7) is 3.02. The summed E-state index contributed by atoms with van der Waals surface area (Å²) in [4.78, 5) is 15.0. The van der Waals surface area contributed by atoms with E-state index >= 15 is 0 Å². The number of benzene rings is 1. The first kappa shape index (κ1) is 15.4. The third-order valence-electron chi connectivity index (χ3n) is 3.93. The second-order valence-corrected chi connectivity index (χ2v) is 5.57. The van der Waals surface area contributed by atoms with E-state index in [1.165, 1.54) is 12.5 Å². The average Bonchev–Trinajstić information content (AvgIpc) is 2.57. The Morgan fingerprint density at radius 3 is 2.70 bits per heavy atom. The number of aromatic nitrogens is 3. The summed E-state index contributed by atoms with van der Waals surface area (Å²) >= 11 is 0. The van der Waals surface area contributed by atoms with Gasteiger partial charge in [-0.2, -0.15) is 15.0 Å². The minimum Gasteiger partial charge on any atom is -0.338 e. The Bertz CT molecular complexity index is 679. The van der Waals surface area contributed by atoms with Crippen LogP contribution in [-0.2, 0) is 0 Å². The molecule has 8 heteroatoms. The van der Waals surface area contributed by atoms with Gasteiger partial charge in [-0.1, -0.05) is 12.1 Å². The number of nitrogens with one attached hydrogen (secondary N) is 2. The van der Waals surface area contributed by atoms with Gasteiger partial charge in [-0.15, -0.1) is 0 Å². The minimum atomic E-state index is -0.372. The molecule has 1 aromatic heterocycles. The van der Waals surface area contributed by atoms with Gasteiger partial charge in [0.1, 0.15) is 5.82 Å². The van der Waals surface area contributed by atoms with E-state index in [0.29, 0.717) is 17.7 Å². The maximum absolute atomic E-state index is 13.8. The molecule has 0 bridgehead atoms. The van der Waals surface area contributed by atoms with Crippen molar-refractivity contribution in [1.82, 2.24) is 15.0 Å². The van der Waals surface area contributed by atoms with Crippen LogP contribution in [0.1, 0.15) is 26.2 Å². The lowest BCUT2D eigenvalue weighted by Crippen LogP contribution is -2.39. The van der Waals surface area contributed by atoms with Crippen molar-refractivity contribution in [2.24, 2.45) is 5.84 Å². The van der Waals surface area contributed by atoms with Crippen molar-refractivity contribution in [3.63, 3.8) is 0 Å². The van der Waals surface area contributed by atoms with Crippen molar-refractivity contribution in [2.75, 3.05) is 22.2 Å². The Kier molecular flexibility index (Phi) is 4.52. The second-order valence-electron chi connectivity index (χ2n) is 5.57. The molecule has 0 radical (unpaired) electrons. The fourth-order valence-electron chi connectivity index (χ4n) is 2.69. The van der Waals surface area contributed by atoms with Crippen LogP contribution in [0.2, 0.25) is 0 Å². The van der Waals surface area contributed by atoms with Crippen molar-refractivity contribution in [3.8, 4) is 0 Å². The molecular formula is C15H20FN7. The topological polar surface area (TPSA) is 92.0 Å². The number of hydrogen-bond acceptors (Lipinski definition) is 7. The Hall–Kier alpha value is -2.48. The third kappa shape index (κ3) is 3.48. The van der Waals surface area contributed by atoms with Gasteiger partial charge in [0.2, 0.25) is 17.8 Å². The third-order valence-corrected chi connectivity index (χ3v) is 3.93. The van der Waals surface area contributed by atoms with E-state index in [4.69, 9.17) is 5.84 Å². The van der Waals surface area contributed by atoms with Gasteiger partial charge in [-0.05, 0) is 38.3 Å². The number of hydrogen-bond donors (Lipinski definition) is 3. The molecule has 0 saturated carbocycles. The molecule has 122 valence electrons. The summed E-state index contributed by atoms with van der Waals surface area (Å²) < 4.78 is 13.8. The van der Waals surface area contributed by atoms with E-state index in [2.05, 4.69) is 37.5 Å². The number of para-hydroxylation sites is 1. The van der Waals surface area contributed by atoms with Gasteiger partial charge < -0.3 is 10.2 Å². The Morgan fingerprint density at radius 2 is 1.96 bits per heavy atom. The highest BCUT2D eigenvalue weighted by Crippen LogP contribution is 2.24. The zero-order valence-corrected chi connectivity index (χ0v) is 13.0. The second kappa shape index (κ2) is 6.74. The molecule has 3 rings (SSSR count). The standard InChI is InChI=1S/C15H20FN7/c1-10-6-4-5-9-23(10)15-20-13(19-14(21-15)22-17)18-12-8-3-2-7-11(12)16/h2-3,7-8,10H,4-6,9,17H2,1H3,(H2,18,19,20,21,22). The quantitative estimate of drug-likeness (QED) is 0.589. The maximum Gasteiger partial charge on any atom is 0.243 e. The summed E-state index contributed by atoms with van der Waals surface area (Å²) in [6, 6.07) is 6.71. The first-order valence-corrected chi connectivity index (χ1v) is 7.68. The van der Waals surface area contributed by atoms with Crippen molar-refractivity contribution >= 4 is 23.5 Å². The van der Waals surface area contributed by atoms with Crippen LogP contribution in [0.3, 0.4) is 0 Å². The molecule has 1 aliphatic rings. The lowest BCUT2D eigenvalue weighted by atomic mass is 10.0. The van der Waals surface area contributed by atoms with Gasteiger partial charge >= 0.3 is 0 Å². The van der Waals surface area contributed by atoms with Gasteiger partial charge in [0.25, 0.3) is 0 Å². The number of nitrogens with two attached hydrogens (primary N) is 1. The molecular weight excluding hydrogens is 297 g/mol. The molecule has 4 N–H and O–H groups in total. The first-order valence-electron chi connectivity index (χ1n) is 7.68. The highest BCUT2D eigenvalue weighted by molar-refractivity contribution is 5.56. The van der Waals surface area contributed by atoms with Gasteiger partial charge in [0.15, 0.2) is 0 Å². The number of hydrazine groups is 1. The number of anilines is 4. The molecule has 1 saturated heterocycles. The van der Waals surface area contributed by atoms with Crippen molar-refractivity contribution in [2.45, 2.75) is 32.2 Å². The van der Waals surface area contributed by atoms with E-state index in [1.54, 1.807) is 18.2 Å². The summed E-state index contributed by atoms with van der Waals surface area (Å²) in [7, 11) is 0. The fraction of sp³-hybridized carbons (Fsp3) is 0.400. The zero-order valence-electron chi connectivity index (χ0n) is 13.0. The molecule has 1 unspecified atom stereocenters. The van der Waals surface area contributed by atoms with Crippen LogP contribution in [0.5, 0.6) is 0 Å². The van der Waals surface area contributed by atoms with E-state index in [1.807, 2.05) is 0 Å². The van der Waals surface area contributed by atoms with Crippen molar-refractivity contribution in [1.29, 1.82) is 0 Å². The summed E-state index contributed by atoms with van der Waals surface area (Å²) in [5, 5.41) is 2.88. The van der Waals surface area contributed by atoms with Crippen LogP contribution in [-0.4, -0.2) is 27.5 Å². The molecule has 2 heterocycles. The van der Waals surface area contributed by atoms with Gasteiger partial charge in [-0.25, -0.2) is 10.2 Å². The average molecular weight is 317 g/mol. The number of nitrogen functional groups attached to an aromatic ring is 1. The lowest BCUT2D eigenvalue weighted by molar-refractivity contribution is 0.477. The molecule has 1 atom stereocenters. The minimum absolute atomic E-state index is 0.242. The van der Waals surface area contributed by atoms with Crippen LogP contribution < -0.4 is 21.5 Å². The summed E-state index contributed by atoms with van der Waals surface area (Å²) in [6.07, 6.45) is 3.38. The highest BCUT2D eigenvalue weighted by Gasteiger charge is 2.22. The van der Waals surface area contributed by atoms with E-state index < -0.39 is 0 Å². The number of rotatable bonds is 4. The van der Waals surface area contributed by atoms with Crippen LogP contribution in [0.25, 0.3) is 0 Å². The predicted octanol–water partition coefficient (Wildman–Crippen LogP) is 2.42. The van der Waals surface area contributed by atoms with Crippen molar-refractivity contribution in [3.05, 3.63) is 30.1 Å². The SMILES string of the molecule is CC1CCCCN1c1nc(NN)nc(Nc2ccccc2F)n1. The van der Waals surface area contributed by atoms with E-state index in [0.717, 1.165) is 19.4 Å². The van der Waals surface area contributed by atoms with Gasteiger partial charge in [0.05, 0.1) is 5.69 Å². The predicted molar refractivity (Wildman–Crippen MR) is 88.0 cm³/mol. The van der Waals surface area contributed by atoms with Crippen LogP contribution in [0, 0.1) is 5.82 Å². The molecule has 0 amide bonds. The molecule has 23 heavy (non-hydrogen) atoms. The lowest BCUT2D eigenvalue weighted by Gasteiger charge is -2.33. The van der Waals surface area contributed by atoms with Crippen LogP contribution >= 0.6 is 0 Å². The maximum atomic E-state index is 13.8. The first-order chi connectivity index (χ1) is 11.2. The highest BCUT2D eigenvalue weighted by atomic mass is 19.1. The molecule has 1 fully saturated rings. The van der Waals surface area contributed by atoms with Gasteiger partial charge in [-0.3, -0.25) is 5.43 Å². The van der Waals surface area contributed by atoms with Crippen LogP contribution in [0.15, 0.2) is 24.3 Å². The molecule has 7 nitrogen and oxygen atoms in total. The van der Waals surface area contributed by atoms with Gasteiger partial charge in [0, 0.05) is 12.6 Å². The normalized spacial score (nSPS) is 17.9. The Labute approximate surface area is 134 Å². The monoisotopic (exact) mass is 317 g/mol. The van der Waals surface area contributed by atoms with E-state index in [-0.39, 0.29) is 17.7 Å². The smallest absolute Gasteiger partial charge is 0.243 e. The number of nitrogens with zero attached hydrogens (tertiary/aromatic N) is 4. The van der Waals surface area contributed by atoms with Crippen molar-refractivity contribution < 1.29 is 4.39 Å².